The van der Waals surface area contributed by atoms with Crippen molar-refractivity contribution in [1.82, 2.24) is 0 Å². The summed E-state index contributed by atoms with van der Waals surface area (Å²) in [4.78, 5) is 13.6. The summed E-state index contributed by atoms with van der Waals surface area (Å²) in [6.45, 7) is 4.74. The van der Waals surface area contributed by atoms with Crippen molar-refractivity contribution in [3.05, 3.63) is 42.5 Å². The van der Waals surface area contributed by atoms with Crippen LogP contribution in [0.2, 0.25) is 0 Å². The van der Waals surface area contributed by atoms with Gasteiger partial charge in [-0.2, -0.15) is 0 Å². The first-order valence-corrected chi connectivity index (χ1v) is 6.20. The van der Waals surface area contributed by atoms with E-state index in [0.29, 0.717) is 13.2 Å². The molecule has 0 heterocycles. The number of hydrogen-bond acceptors (Lipinski definition) is 2. The summed E-state index contributed by atoms with van der Waals surface area (Å²) in [6.07, 6.45) is -0.295. The predicted octanol–water partition coefficient (Wildman–Crippen LogP) is 3.82. The fourth-order valence-electron chi connectivity index (χ4n) is 2.04. The summed E-state index contributed by atoms with van der Waals surface area (Å²) in [7, 11) is 0. The molecule has 3 nitrogen and oxygen atoms in total. The number of carbonyl (C=O) groups is 1. The Balaban J connectivity index is 2.48. The summed E-state index contributed by atoms with van der Waals surface area (Å²) < 4.78 is 5.09. The molecule has 0 fully saturated rings. The number of anilines is 1. The van der Waals surface area contributed by atoms with E-state index < -0.39 is 0 Å². The fraction of sp³-hybridized carbons (Fsp3) is 0.267. The van der Waals surface area contributed by atoms with Gasteiger partial charge in [-0.25, -0.2) is 4.79 Å². The van der Waals surface area contributed by atoms with E-state index in [1.165, 1.54) is 0 Å². The highest BCUT2D eigenvalue weighted by Gasteiger charge is 2.16. The lowest BCUT2D eigenvalue weighted by Crippen LogP contribution is -2.31. The average Bonchev–Trinajstić information content (AvgIpc) is 2.40. The van der Waals surface area contributed by atoms with Crippen LogP contribution in [-0.2, 0) is 4.74 Å². The van der Waals surface area contributed by atoms with Gasteiger partial charge in [-0.1, -0.05) is 36.4 Å². The van der Waals surface area contributed by atoms with Gasteiger partial charge in [0.25, 0.3) is 0 Å². The van der Waals surface area contributed by atoms with Gasteiger partial charge >= 0.3 is 6.09 Å². The van der Waals surface area contributed by atoms with Crippen molar-refractivity contribution in [3.63, 3.8) is 0 Å². The summed E-state index contributed by atoms with van der Waals surface area (Å²) >= 11 is 0. The van der Waals surface area contributed by atoms with Gasteiger partial charge in [-0.05, 0) is 25.3 Å². The topological polar surface area (TPSA) is 29.5 Å². The Bertz CT molecular complexity index is 546. The van der Waals surface area contributed by atoms with Gasteiger partial charge in [0.1, 0.15) is 0 Å². The Morgan fingerprint density at radius 1 is 1.11 bits per heavy atom. The highest BCUT2D eigenvalue weighted by molar-refractivity contribution is 6.01. The van der Waals surface area contributed by atoms with Crippen molar-refractivity contribution in [2.24, 2.45) is 0 Å². The summed E-state index contributed by atoms with van der Waals surface area (Å²) in [5.41, 5.74) is 0.897. The minimum atomic E-state index is -0.295. The quantitative estimate of drug-likeness (QED) is 0.820. The maximum absolute atomic E-state index is 11.9. The number of nitrogens with zero attached hydrogens (tertiary/aromatic N) is 1. The Kier molecular flexibility index (Phi) is 3.82. The molecule has 18 heavy (non-hydrogen) atoms. The summed E-state index contributed by atoms with van der Waals surface area (Å²) in [5.74, 6) is 0. The van der Waals surface area contributed by atoms with Crippen LogP contribution in [0.1, 0.15) is 13.8 Å². The monoisotopic (exact) mass is 243 g/mol. The van der Waals surface area contributed by atoms with Crippen LogP contribution in [0.5, 0.6) is 0 Å². The molecule has 0 saturated heterocycles. The third-order valence-corrected chi connectivity index (χ3v) is 2.86. The van der Waals surface area contributed by atoms with Gasteiger partial charge in [-0.15, -0.1) is 0 Å². The van der Waals surface area contributed by atoms with Crippen molar-refractivity contribution in [1.29, 1.82) is 0 Å². The maximum Gasteiger partial charge on any atom is 0.414 e. The first-order valence-electron chi connectivity index (χ1n) is 6.20. The van der Waals surface area contributed by atoms with Crippen molar-refractivity contribution < 1.29 is 9.53 Å². The third-order valence-electron chi connectivity index (χ3n) is 2.86. The average molecular weight is 243 g/mol. The zero-order chi connectivity index (χ0) is 13.0. The van der Waals surface area contributed by atoms with Crippen LogP contribution in [0.15, 0.2) is 42.5 Å². The Hall–Kier alpha value is -2.03. The first kappa shape index (κ1) is 12.4. The van der Waals surface area contributed by atoms with Gasteiger partial charge in [0.05, 0.1) is 12.3 Å². The second-order valence-corrected chi connectivity index (χ2v) is 3.94. The molecular weight excluding hydrogens is 226 g/mol. The van der Waals surface area contributed by atoms with Crippen molar-refractivity contribution in [2.45, 2.75) is 13.8 Å². The number of amides is 1. The smallest absolute Gasteiger partial charge is 0.414 e. The first-order chi connectivity index (χ1) is 8.77. The number of fused-ring (bicyclic) bond motifs is 1. The van der Waals surface area contributed by atoms with E-state index in [-0.39, 0.29) is 6.09 Å². The van der Waals surface area contributed by atoms with E-state index >= 15 is 0 Å². The predicted molar refractivity (Wildman–Crippen MR) is 74.0 cm³/mol. The summed E-state index contributed by atoms with van der Waals surface area (Å²) in [6, 6.07) is 14.0. The molecule has 94 valence electrons. The highest BCUT2D eigenvalue weighted by atomic mass is 16.6. The highest BCUT2D eigenvalue weighted by Crippen LogP contribution is 2.26. The van der Waals surface area contributed by atoms with Crippen LogP contribution in [-0.4, -0.2) is 19.2 Å². The molecule has 0 atom stereocenters. The molecule has 2 aromatic rings. The van der Waals surface area contributed by atoms with E-state index in [0.717, 1.165) is 16.5 Å². The Morgan fingerprint density at radius 3 is 2.56 bits per heavy atom. The van der Waals surface area contributed by atoms with Gasteiger partial charge in [0.15, 0.2) is 0 Å². The van der Waals surface area contributed by atoms with E-state index in [4.69, 9.17) is 4.74 Å². The standard InChI is InChI=1S/C15H17NO2/c1-3-16(15(17)18-4-2)14-11-7-9-12-8-5-6-10-13(12)14/h5-11H,3-4H2,1-2H3. The second-order valence-electron chi connectivity index (χ2n) is 3.94. The molecule has 1 amide bonds. The lowest BCUT2D eigenvalue weighted by atomic mass is 10.1. The summed E-state index contributed by atoms with van der Waals surface area (Å²) in [5, 5.41) is 2.19. The SMILES string of the molecule is CCOC(=O)N(CC)c1cccc2ccccc12. The van der Waals surface area contributed by atoms with Gasteiger partial charge in [0.2, 0.25) is 0 Å². The second kappa shape index (κ2) is 5.54. The molecule has 0 aliphatic rings. The Labute approximate surface area is 107 Å². The van der Waals surface area contributed by atoms with Crippen LogP contribution in [0.4, 0.5) is 10.5 Å². The van der Waals surface area contributed by atoms with Crippen LogP contribution in [0, 0.1) is 0 Å². The van der Waals surface area contributed by atoms with Gasteiger partial charge in [0, 0.05) is 11.9 Å². The molecule has 0 aliphatic heterocycles. The molecule has 2 aromatic carbocycles. The van der Waals surface area contributed by atoms with Crippen LogP contribution < -0.4 is 4.90 Å². The zero-order valence-electron chi connectivity index (χ0n) is 10.7. The lowest BCUT2D eigenvalue weighted by Gasteiger charge is -2.21. The van der Waals surface area contributed by atoms with Crippen LogP contribution >= 0.6 is 0 Å². The molecule has 0 saturated carbocycles. The maximum atomic E-state index is 11.9. The van der Waals surface area contributed by atoms with E-state index in [2.05, 4.69) is 0 Å². The molecule has 0 aliphatic carbocycles. The van der Waals surface area contributed by atoms with E-state index in [9.17, 15) is 4.79 Å². The van der Waals surface area contributed by atoms with Crippen LogP contribution in [0.3, 0.4) is 0 Å². The minimum Gasteiger partial charge on any atom is -0.449 e. The van der Waals surface area contributed by atoms with E-state index in [1.807, 2.05) is 56.3 Å². The zero-order valence-corrected chi connectivity index (χ0v) is 10.7. The third kappa shape index (κ3) is 2.30. The molecule has 0 radical (unpaired) electrons. The van der Waals surface area contributed by atoms with E-state index in [1.54, 1.807) is 4.90 Å². The lowest BCUT2D eigenvalue weighted by molar-refractivity contribution is 0.160. The molecule has 3 heteroatoms. The molecule has 2 rings (SSSR count). The molecule has 0 bridgehead atoms. The largest absolute Gasteiger partial charge is 0.449 e. The van der Waals surface area contributed by atoms with Gasteiger partial charge in [-0.3, -0.25) is 4.90 Å². The molecule has 0 N–H and O–H groups in total. The van der Waals surface area contributed by atoms with Crippen molar-refractivity contribution >= 4 is 22.6 Å². The number of hydrogen-bond donors (Lipinski definition) is 0. The molecule has 0 spiro atoms. The number of carbonyl (C=O) groups excluding carboxylic acids is 1. The number of benzene rings is 2. The fourth-order valence-corrected chi connectivity index (χ4v) is 2.04. The normalized spacial score (nSPS) is 10.3. The van der Waals surface area contributed by atoms with Crippen LogP contribution in [0.25, 0.3) is 10.8 Å². The molecule has 0 unspecified atom stereocenters. The molecular formula is C15H17NO2. The minimum absolute atomic E-state index is 0.295. The van der Waals surface area contributed by atoms with Crippen molar-refractivity contribution in [3.8, 4) is 0 Å². The Morgan fingerprint density at radius 2 is 1.83 bits per heavy atom. The number of rotatable bonds is 3. The van der Waals surface area contributed by atoms with Crippen molar-refractivity contribution in [2.75, 3.05) is 18.1 Å². The van der Waals surface area contributed by atoms with Gasteiger partial charge < -0.3 is 4.74 Å². The molecule has 0 aromatic heterocycles. The number of ether oxygens (including phenoxy) is 1.